The molecule has 0 bridgehead atoms. The van der Waals surface area contributed by atoms with Gasteiger partial charge in [-0.15, -0.1) is 0 Å². The van der Waals surface area contributed by atoms with E-state index >= 15 is 0 Å². The molecule has 0 rings (SSSR count). The molecule has 0 aromatic heterocycles. The van der Waals surface area contributed by atoms with E-state index in [1.807, 2.05) is 0 Å². The summed E-state index contributed by atoms with van der Waals surface area (Å²) >= 11 is 0. The monoisotopic (exact) mass is 112 g/mol. The molecule has 0 heterocycles. The van der Waals surface area contributed by atoms with Gasteiger partial charge in [0, 0.05) is 0 Å². The maximum Gasteiger partial charge on any atom is -0.0417 e. The molecule has 8 heavy (non-hydrogen) atoms. The number of hydrogen-bond acceptors (Lipinski definition) is 0. The zero-order chi connectivity index (χ0) is 6.57. The smallest absolute Gasteiger partial charge is 0.0417 e. The molecule has 0 amide bonds. The highest BCUT2D eigenvalue weighted by Crippen LogP contribution is 2.16. The van der Waals surface area contributed by atoms with Gasteiger partial charge in [0.1, 0.15) is 0 Å². The first-order valence-corrected chi connectivity index (χ1v) is 3.30. The van der Waals surface area contributed by atoms with Gasteiger partial charge in [-0.3, -0.25) is 0 Å². The molecule has 2 unspecified atom stereocenters. The minimum absolute atomic E-state index is 0.743. The molecule has 48 valence electrons. The van der Waals surface area contributed by atoms with E-state index in [-0.39, 0.29) is 0 Å². The Hall–Kier alpha value is 0. The average Bonchev–Trinajstić information content (AvgIpc) is 1.84. The van der Waals surface area contributed by atoms with Gasteiger partial charge in [-0.2, -0.15) is 0 Å². The molecule has 2 atom stereocenters. The lowest BCUT2D eigenvalue weighted by Gasteiger charge is -2.14. The van der Waals surface area contributed by atoms with Crippen LogP contribution in [0, 0.1) is 25.7 Å². The van der Waals surface area contributed by atoms with Gasteiger partial charge in [0.05, 0.1) is 0 Å². The van der Waals surface area contributed by atoms with Gasteiger partial charge in [0.25, 0.3) is 0 Å². The molecule has 2 radical (unpaired) electrons. The first kappa shape index (κ1) is 8.00. The van der Waals surface area contributed by atoms with Crippen LogP contribution in [0.5, 0.6) is 0 Å². The SMILES string of the molecule is [CH2]CC(C)C(C)C[CH2]. The summed E-state index contributed by atoms with van der Waals surface area (Å²) in [5.74, 6) is 1.49. The Labute approximate surface area is 53.3 Å². The van der Waals surface area contributed by atoms with Crippen LogP contribution in [0.1, 0.15) is 26.7 Å². The Morgan fingerprint density at radius 3 is 1.38 bits per heavy atom. The average molecular weight is 112 g/mol. The molecule has 0 fully saturated rings. The molecule has 0 aromatic carbocycles. The molecule has 0 aliphatic carbocycles. The Bertz CT molecular complexity index is 40.0. The summed E-state index contributed by atoms with van der Waals surface area (Å²) in [4.78, 5) is 0. The van der Waals surface area contributed by atoms with Gasteiger partial charge in [-0.1, -0.05) is 40.5 Å². The lowest BCUT2D eigenvalue weighted by atomic mass is 9.92. The molecule has 0 aromatic rings. The predicted octanol–water partition coefficient (Wildman–Crippen LogP) is 2.71. The Balaban J connectivity index is 3.29. The van der Waals surface area contributed by atoms with Crippen molar-refractivity contribution in [3.8, 4) is 0 Å². The zero-order valence-electron chi connectivity index (χ0n) is 5.98. The van der Waals surface area contributed by atoms with E-state index in [4.69, 9.17) is 0 Å². The highest BCUT2D eigenvalue weighted by atomic mass is 14.1. The first-order valence-electron chi connectivity index (χ1n) is 3.30. The van der Waals surface area contributed by atoms with Crippen LogP contribution in [-0.4, -0.2) is 0 Å². The fourth-order valence-electron chi connectivity index (χ4n) is 0.569. The molecule has 0 N–H and O–H groups in total. The minimum Gasteiger partial charge on any atom is -0.0623 e. The molecule has 0 heteroatoms. The summed E-state index contributed by atoms with van der Waals surface area (Å²) in [6.45, 7) is 12.1. The van der Waals surface area contributed by atoms with Crippen molar-refractivity contribution < 1.29 is 0 Å². The zero-order valence-corrected chi connectivity index (χ0v) is 5.98. The Morgan fingerprint density at radius 1 is 1.00 bits per heavy atom. The van der Waals surface area contributed by atoms with Crippen LogP contribution in [0.3, 0.4) is 0 Å². The summed E-state index contributed by atoms with van der Waals surface area (Å²) in [7, 11) is 0. The Morgan fingerprint density at radius 2 is 1.25 bits per heavy atom. The van der Waals surface area contributed by atoms with Crippen LogP contribution >= 0.6 is 0 Å². The fraction of sp³-hybridized carbons (Fsp3) is 0.750. The quantitative estimate of drug-likeness (QED) is 0.526. The maximum absolute atomic E-state index is 3.83. The highest BCUT2D eigenvalue weighted by molar-refractivity contribution is 4.63. The molecule has 0 saturated carbocycles. The second kappa shape index (κ2) is 3.94. The molecule has 0 saturated heterocycles. The highest BCUT2D eigenvalue weighted by Gasteiger charge is 2.05. The molecule has 0 aliphatic rings. The van der Waals surface area contributed by atoms with Gasteiger partial charge in [0.2, 0.25) is 0 Å². The van der Waals surface area contributed by atoms with Gasteiger partial charge < -0.3 is 0 Å². The van der Waals surface area contributed by atoms with Crippen molar-refractivity contribution in [3.05, 3.63) is 13.8 Å². The topological polar surface area (TPSA) is 0 Å². The maximum atomic E-state index is 3.83. The van der Waals surface area contributed by atoms with E-state index in [9.17, 15) is 0 Å². The van der Waals surface area contributed by atoms with E-state index in [1.54, 1.807) is 0 Å². The van der Waals surface area contributed by atoms with Gasteiger partial charge in [-0.05, 0) is 11.8 Å². The van der Waals surface area contributed by atoms with Gasteiger partial charge in [0.15, 0.2) is 0 Å². The second-order valence-corrected chi connectivity index (χ2v) is 2.53. The van der Waals surface area contributed by atoms with Gasteiger partial charge in [-0.25, -0.2) is 0 Å². The summed E-state index contributed by atoms with van der Waals surface area (Å²) in [5.41, 5.74) is 0. The second-order valence-electron chi connectivity index (χ2n) is 2.53. The van der Waals surface area contributed by atoms with Crippen LogP contribution < -0.4 is 0 Å². The molecular weight excluding hydrogens is 96.1 g/mol. The lowest BCUT2D eigenvalue weighted by Crippen LogP contribution is -2.04. The Kier molecular flexibility index (Phi) is 3.94. The molecular formula is C8H16. The summed E-state index contributed by atoms with van der Waals surface area (Å²) in [6, 6.07) is 0. The largest absolute Gasteiger partial charge is 0.0623 e. The van der Waals surface area contributed by atoms with Crippen molar-refractivity contribution in [2.45, 2.75) is 26.7 Å². The van der Waals surface area contributed by atoms with E-state index in [0.717, 1.165) is 24.7 Å². The van der Waals surface area contributed by atoms with Gasteiger partial charge >= 0.3 is 0 Å². The third-order valence-electron chi connectivity index (χ3n) is 1.88. The van der Waals surface area contributed by atoms with Crippen LogP contribution in [0.4, 0.5) is 0 Å². The summed E-state index contributed by atoms with van der Waals surface area (Å²) in [6.07, 6.45) is 2.08. The van der Waals surface area contributed by atoms with E-state index in [1.165, 1.54) is 0 Å². The predicted molar refractivity (Wildman–Crippen MR) is 38.3 cm³/mol. The number of rotatable bonds is 3. The van der Waals surface area contributed by atoms with E-state index in [2.05, 4.69) is 27.7 Å². The van der Waals surface area contributed by atoms with Crippen molar-refractivity contribution in [1.82, 2.24) is 0 Å². The molecule has 0 nitrogen and oxygen atoms in total. The third kappa shape index (κ3) is 2.34. The van der Waals surface area contributed by atoms with Crippen LogP contribution in [-0.2, 0) is 0 Å². The normalized spacial score (nSPS) is 18.0. The van der Waals surface area contributed by atoms with Crippen molar-refractivity contribution in [2.24, 2.45) is 11.8 Å². The van der Waals surface area contributed by atoms with Crippen molar-refractivity contribution in [1.29, 1.82) is 0 Å². The number of hydrogen-bond donors (Lipinski definition) is 0. The molecule has 0 aliphatic heterocycles. The summed E-state index contributed by atoms with van der Waals surface area (Å²) in [5, 5.41) is 0. The summed E-state index contributed by atoms with van der Waals surface area (Å²) < 4.78 is 0. The van der Waals surface area contributed by atoms with Crippen molar-refractivity contribution >= 4 is 0 Å². The first-order chi connectivity index (χ1) is 3.72. The lowest BCUT2D eigenvalue weighted by molar-refractivity contribution is 0.393. The van der Waals surface area contributed by atoms with Crippen LogP contribution in [0.2, 0.25) is 0 Å². The molecule has 0 spiro atoms. The minimum atomic E-state index is 0.743. The fourth-order valence-corrected chi connectivity index (χ4v) is 0.569. The van der Waals surface area contributed by atoms with E-state index in [0.29, 0.717) is 0 Å². The third-order valence-corrected chi connectivity index (χ3v) is 1.88. The van der Waals surface area contributed by atoms with E-state index < -0.39 is 0 Å². The van der Waals surface area contributed by atoms with Crippen molar-refractivity contribution in [2.75, 3.05) is 0 Å². The standard InChI is InChI=1S/C8H16/c1-5-7(3)8(4)6-2/h7-8H,1-2,5-6H2,3-4H3. The van der Waals surface area contributed by atoms with Crippen LogP contribution in [0.25, 0.3) is 0 Å². The van der Waals surface area contributed by atoms with Crippen LogP contribution in [0.15, 0.2) is 0 Å². The van der Waals surface area contributed by atoms with Crippen molar-refractivity contribution in [3.63, 3.8) is 0 Å².